The maximum absolute atomic E-state index is 12.2. The van der Waals surface area contributed by atoms with Crippen molar-refractivity contribution in [1.82, 2.24) is 14.5 Å². The number of nitrogens with one attached hydrogen (secondary N) is 1. The van der Waals surface area contributed by atoms with E-state index in [0.717, 1.165) is 5.56 Å². The molecule has 0 aliphatic heterocycles. The fourth-order valence-corrected chi connectivity index (χ4v) is 3.31. The van der Waals surface area contributed by atoms with Gasteiger partial charge in [0.15, 0.2) is 0 Å². The van der Waals surface area contributed by atoms with E-state index in [1.165, 1.54) is 18.2 Å². The number of nitrogens with two attached hydrogens (primary N) is 1. The summed E-state index contributed by atoms with van der Waals surface area (Å²) in [5.41, 5.74) is 6.68. The van der Waals surface area contributed by atoms with Gasteiger partial charge in [-0.15, -0.1) is 0 Å². The molecule has 0 radical (unpaired) electrons. The summed E-state index contributed by atoms with van der Waals surface area (Å²) in [6, 6.07) is 4.22. The molecular formula is C12H13ClN4O2S2. The Morgan fingerprint density at radius 2 is 2.24 bits per heavy atom. The lowest BCUT2D eigenvalue weighted by atomic mass is 10.2. The molecule has 9 heteroatoms. The predicted octanol–water partition coefficient (Wildman–Crippen LogP) is 1.19. The third-order valence-electron chi connectivity index (χ3n) is 2.74. The Hall–Kier alpha value is -1.48. The highest BCUT2D eigenvalue weighted by atomic mass is 35.5. The van der Waals surface area contributed by atoms with Crippen molar-refractivity contribution in [3.63, 3.8) is 0 Å². The van der Waals surface area contributed by atoms with E-state index in [0.29, 0.717) is 5.56 Å². The second-order valence-electron chi connectivity index (χ2n) is 4.35. The molecule has 2 rings (SSSR count). The van der Waals surface area contributed by atoms with Crippen LogP contribution >= 0.6 is 23.8 Å². The van der Waals surface area contributed by atoms with E-state index in [4.69, 9.17) is 29.6 Å². The molecule has 2 aromatic rings. The quantitative estimate of drug-likeness (QED) is 0.795. The van der Waals surface area contributed by atoms with Crippen molar-refractivity contribution in [2.75, 3.05) is 0 Å². The number of sulfonamides is 1. The van der Waals surface area contributed by atoms with Gasteiger partial charge in [-0.2, -0.15) is 5.10 Å². The predicted molar refractivity (Wildman–Crippen MR) is 84.6 cm³/mol. The Balaban J connectivity index is 2.19. The summed E-state index contributed by atoms with van der Waals surface area (Å²) in [6.07, 6.45) is 3.32. The highest BCUT2D eigenvalue weighted by molar-refractivity contribution is 7.89. The minimum Gasteiger partial charge on any atom is -0.389 e. The first kappa shape index (κ1) is 15.9. The van der Waals surface area contributed by atoms with E-state index in [-0.39, 0.29) is 21.5 Å². The molecule has 1 heterocycles. The number of hydrogen-bond donors (Lipinski definition) is 2. The molecule has 3 N–H and O–H groups in total. The lowest BCUT2D eigenvalue weighted by Crippen LogP contribution is -2.23. The molecule has 112 valence electrons. The molecule has 0 saturated heterocycles. The molecule has 0 spiro atoms. The van der Waals surface area contributed by atoms with Gasteiger partial charge in [0.05, 0.1) is 16.1 Å². The lowest BCUT2D eigenvalue weighted by Gasteiger charge is -2.08. The first-order valence-corrected chi connectivity index (χ1v) is 8.13. The number of thiocarbonyl (C=S) groups is 1. The highest BCUT2D eigenvalue weighted by Crippen LogP contribution is 2.21. The summed E-state index contributed by atoms with van der Waals surface area (Å²) in [5.74, 6) is 0. The fraction of sp³-hybridized carbons (Fsp3) is 0.167. The van der Waals surface area contributed by atoms with E-state index >= 15 is 0 Å². The zero-order chi connectivity index (χ0) is 15.6. The van der Waals surface area contributed by atoms with Crippen molar-refractivity contribution in [3.8, 4) is 0 Å². The van der Waals surface area contributed by atoms with Gasteiger partial charge in [-0.05, 0) is 18.2 Å². The lowest BCUT2D eigenvalue weighted by molar-refractivity contribution is 0.581. The van der Waals surface area contributed by atoms with Gasteiger partial charge in [0.2, 0.25) is 10.0 Å². The van der Waals surface area contributed by atoms with Crippen LogP contribution in [0.15, 0.2) is 35.5 Å². The van der Waals surface area contributed by atoms with Crippen molar-refractivity contribution >= 4 is 38.8 Å². The minimum atomic E-state index is -3.67. The molecule has 0 aliphatic rings. The van der Waals surface area contributed by atoms with E-state index in [1.807, 2.05) is 0 Å². The first-order valence-electron chi connectivity index (χ1n) is 5.86. The molecule has 21 heavy (non-hydrogen) atoms. The molecule has 0 fully saturated rings. The van der Waals surface area contributed by atoms with Gasteiger partial charge in [0.1, 0.15) is 4.99 Å². The molecule has 0 amide bonds. The SMILES string of the molecule is Cn1cc(CNS(=O)(=O)c2ccc(C(N)=S)c(Cl)c2)cn1. The zero-order valence-electron chi connectivity index (χ0n) is 11.1. The van der Waals surface area contributed by atoms with Gasteiger partial charge in [-0.3, -0.25) is 4.68 Å². The summed E-state index contributed by atoms with van der Waals surface area (Å²) in [5, 5.41) is 4.17. The van der Waals surface area contributed by atoms with Crippen LogP contribution in [-0.4, -0.2) is 23.2 Å². The van der Waals surface area contributed by atoms with Crippen molar-refractivity contribution in [1.29, 1.82) is 0 Å². The van der Waals surface area contributed by atoms with Crippen molar-refractivity contribution < 1.29 is 8.42 Å². The number of halogens is 1. The molecule has 1 aromatic heterocycles. The number of aryl methyl sites for hydroxylation is 1. The molecule has 0 atom stereocenters. The van der Waals surface area contributed by atoms with E-state index < -0.39 is 10.0 Å². The van der Waals surface area contributed by atoms with E-state index in [1.54, 1.807) is 24.1 Å². The number of rotatable bonds is 5. The average Bonchev–Trinajstić information content (AvgIpc) is 2.82. The van der Waals surface area contributed by atoms with Crippen LogP contribution in [0.5, 0.6) is 0 Å². The van der Waals surface area contributed by atoms with Crippen molar-refractivity contribution in [2.24, 2.45) is 12.8 Å². The maximum atomic E-state index is 12.2. The minimum absolute atomic E-state index is 0.0522. The molecule has 1 aromatic carbocycles. The van der Waals surface area contributed by atoms with Crippen LogP contribution in [0.4, 0.5) is 0 Å². The average molecular weight is 345 g/mol. The summed E-state index contributed by atoms with van der Waals surface area (Å²) in [6.45, 7) is 0.144. The van der Waals surface area contributed by atoms with Crippen molar-refractivity contribution in [3.05, 3.63) is 46.7 Å². The van der Waals surface area contributed by atoms with Crippen molar-refractivity contribution in [2.45, 2.75) is 11.4 Å². The number of nitrogens with zero attached hydrogens (tertiary/aromatic N) is 2. The molecular weight excluding hydrogens is 332 g/mol. The normalized spacial score (nSPS) is 11.5. The largest absolute Gasteiger partial charge is 0.389 e. The smallest absolute Gasteiger partial charge is 0.240 e. The Kier molecular flexibility index (Phi) is 4.62. The van der Waals surface area contributed by atoms with Crippen LogP contribution in [0.2, 0.25) is 5.02 Å². The zero-order valence-corrected chi connectivity index (χ0v) is 13.5. The third-order valence-corrected chi connectivity index (χ3v) is 4.67. The van der Waals surface area contributed by atoms with Crippen LogP contribution in [0, 0.1) is 0 Å². The van der Waals surface area contributed by atoms with Gasteiger partial charge >= 0.3 is 0 Å². The topological polar surface area (TPSA) is 90.0 Å². The van der Waals surface area contributed by atoms with Gasteiger partial charge in [0, 0.05) is 30.9 Å². The van der Waals surface area contributed by atoms with Crippen LogP contribution < -0.4 is 10.5 Å². The summed E-state index contributed by atoms with van der Waals surface area (Å²) < 4.78 is 28.4. The monoisotopic (exact) mass is 344 g/mol. The molecule has 6 nitrogen and oxygen atoms in total. The molecule has 0 aliphatic carbocycles. The maximum Gasteiger partial charge on any atom is 0.240 e. The fourth-order valence-electron chi connectivity index (χ4n) is 1.69. The van der Waals surface area contributed by atoms with Gasteiger partial charge in [0.25, 0.3) is 0 Å². The third kappa shape index (κ3) is 3.79. The Morgan fingerprint density at radius 1 is 1.52 bits per heavy atom. The number of hydrogen-bond acceptors (Lipinski definition) is 4. The van der Waals surface area contributed by atoms with Crippen LogP contribution in [-0.2, 0) is 23.6 Å². The summed E-state index contributed by atoms with van der Waals surface area (Å²) in [7, 11) is -1.91. The number of aromatic nitrogens is 2. The van der Waals surface area contributed by atoms with Crippen LogP contribution in [0.25, 0.3) is 0 Å². The highest BCUT2D eigenvalue weighted by Gasteiger charge is 2.16. The van der Waals surface area contributed by atoms with Gasteiger partial charge in [-0.1, -0.05) is 23.8 Å². The van der Waals surface area contributed by atoms with E-state index in [9.17, 15) is 8.42 Å². The summed E-state index contributed by atoms with van der Waals surface area (Å²) in [4.78, 5) is 0.170. The van der Waals surface area contributed by atoms with Gasteiger partial charge in [-0.25, -0.2) is 13.1 Å². The van der Waals surface area contributed by atoms with E-state index in [2.05, 4.69) is 9.82 Å². The van der Waals surface area contributed by atoms with Crippen LogP contribution in [0.3, 0.4) is 0 Å². The second kappa shape index (κ2) is 6.10. The second-order valence-corrected chi connectivity index (χ2v) is 6.97. The molecule has 0 unspecified atom stereocenters. The Labute approximate surface area is 133 Å². The van der Waals surface area contributed by atoms with Gasteiger partial charge < -0.3 is 5.73 Å². The van der Waals surface area contributed by atoms with Crippen LogP contribution in [0.1, 0.15) is 11.1 Å². The molecule has 0 saturated carbocycles. The summed E-state index contributed by atoms with van der Waals surface area (Å²) >= 11 is 10.8. The molecule has 0 bridgehead atoms. The standard InChI is InChI=1S/C12H13ClN4O2S2/c1-17-7-8(5-15-17)6-16-21(18,19)9-2-3-10(12(14)20)11(13)4-9/h2-5,7,16H,6H2,1H3,(H2,14,20). The number of benzene rings is 1. The Morgan fingerprint density at radius 3 is 2.76 bits per heavy atom. The Bertz CT molecular complexity index is 786. The first-order chi connectivity index (χ1) is 9.79.